The average Bonchev–Trinajstić information content (AvgIpc) is 2.83. The lowest BCUT2D eigenvalue weighted by Gasteiger charge is -2.36. The molecule has 10 heteroatoms. The van der Waals surface area contributed by atoms with Gasteiger partial charge in [0.2, 0.25) is 5.95 Å². The van der Waals surface area contributed by atoms with Gasteiger partial charge in [0.1, 0.15) is 11.5 Å². The van der Waals surface area contributed by atoms with Gasteiger partial charge < -0.3 is 15.2 Å². The summed E-state index contributed by atoms with van der Waals surface area (Å²) in [5.74, 6) is -0.452. The molecule has 1 amide bonds. The Balaban J connectivity index is 1.29. The van der Waals surface area contributed by atoms with Gasteiger partial charge in [-0.25, -0.2) is 15.0 Å². The summed E-state index contributed by atoms with van der Waals surface area (Å²) in [5, 5.41) is 2.94. The number of rotatable bonds is 7. The number of H-pyrrole nitrogens is 1. The Morgan fingerprint density at radius 1 is 1.24 bits per heavy atom. The number of nitrogens with one attached hydrogen (secondary N) is 2. The monoisotopic (exact) mass is 465 g/mol. The van der Waals surface area contributed by atoms with E-state index in [4.69, 9.17) is 0 Å². The number of aryl methyl sites for hydroxylation is 2. The number of carbonyl (C=O) groups is 1. The molecule has 4 rings (SSSR count). The Hall–Kier alpha value is -3.66. The first-order valence-corrected chi connectivity index (χ1v) is 11.2. The molecule has 0 bridgehead atoms. The van der Waals surface area contributed by atoms with Crippen molar-refractivity contribution in [3.05, 3.63) is 69.9 Å². The lowest BCUT2D eigenvalue weighted by molar-refractivity contribution is 0.0957. The van der Waals surface area contributed by atoms with Gasteiger partial charge in [-0.2, -0.15) is 4.39 Å². The second-order valence-corrected chi connectivity index (χ2v) is 8.50. The molecule has 34 heavy (non-hydrogen) atoms. The molecule has 9 nitrogen and oxygen atoms in total. The summed E-state index contributed by atoms with van der Waals surface area (Å²) in [7, 11) is 1.48. The van der Waals surface area contributed by atoms with Crippen LogP contribution in [0.25, 0.3) is 11.0 Å². The number of pyridine rings is 2. The molecule has 2 N–H and O–H groups in total. The van der Waals surface area contributed by atoms with Crippen LogP contribution in [-0.4, -0.2) is 70.5 Å². The van der Waals surface area contributed by atoms with Crippen molar-refractivity contribution in [3.8, 4) is 0 Å². The number of nitrogens with zero attached hydrogens (tertiary/aromatic N) is 5. The van der Waals surface area contributed by atoms with E-state index in [-0.39, 0.29) is 11.3 Å². The summed E-state index contributed by atoms with van der Waals surface area (Å²) in [6.45, 7) is 9.60. The van der Waals surface area contributed by atoms with E-state index < -0.39 is 11.9 Å². The molecule has 0 saturated carbocycles. The maximum atomic E-state index is 14.4. The van der Waals surface area contributed by atoms with Gasteiger partial charge in [0.15, 0.2) is 5.65 Å². The quantitative estimate of drug-likeness (QED) is 0.405. The summed E-state index contributed by atoms with van der Waals surface area (Å²) >= 11 is 0. The second kappa shape index (κ2) is 10.1. The highest BCUT2D eigenvalue weighted by Gasteiger charge is 2.21. The van der Waals surface area contributed by atoms with Gasteiger partial charge in [-0.1, -0.05) is 12.2 Å². The molecule has 0 aliphatic carbocycles. The van der Waals surface area contributed by atoms with Crippen molar-refractivity contribution in [2.24, 2.45) is 0 Å². The lowest BCUT2D eigenvalue weighted by atomic mass is 10.1. The van der Waals surface area contributed by atoms with Crippen LogP contribution in [0.4, 0.5) is 10.1 Å². The van der Waals surface area contributed by atoms with E-state index in [1.807, 2.05) is 11.8 Å². The third kappa shape index (κ3) is 5.28. The summed E-state index contributed by atoms with van der Waals surface area (Å²) < 4.78 is 14.4. The van der Waals surface area contributed by atoms with Crippen LogP contribution < -0.4 is 15.8 Å². The molecule has 0 aromatic carbocycles. The fourth-order valence-electron chi connectivity index (χ4n) is 4.05. The topological polar surface area (TPSA) is 107 Å². The molecule has 1 fully saturated rings. The van der Waals surface area contributed by atoms with Crippen molar-refractivity contribution in [2.75, 3.05) is 44.7 Å². The maximum absolute atomic E-state index is 14.4. The van der Waals surface area contributed by atoms with Gasteiger partial charge in [0, 0.05) is 52.4 Å². The minimum absolute atomic E-state index is 0.0619. The number of piperazine rings is 1. The number of hydrogen-bond acceptors (Lipinski definition) is 7. The SMILES string of the molecule is C=C(CCc1nc2ncc(C)cc2c(=O)[nH]1)CN1CCN(c2ccc(C(=O)NC)nc2F)CC1. The molecule has 4 heterocycles. The minimum Gasteiger partial charge on any atom is -0.365 e. The number of aromatic nitrogens is 4. The maximum Gasteiger partial charge on any atom is 0.269 e. The van der Waals surface area contributed by atoms with E-state index in [0.29, 0.717) is 48.5 Å². The Labute approximate surface area is 196 Å². The normalized spacial score (nSPS) is 14.4. The van der Waals surface area contributed by atoms with E-state index in [2.05, 4.69) is 36.7 Å². The predicted molar refractivity (Wildman–Crippen MR) is 129 cm³/mol. The highest BCUT2D eigenvalue weighted by atomic mass is 19.1. The van der Waals surface area contributed by atoms with Crippen molar-refractivity contribution < 1.29 is 9.18 Å². The highest BCUT2D eigenvalue weighted by molar-refractivity contribution is 5.92. The van der Waals surface area contributed by atoms with E-state index in [1.165, 1.54) is 13.1 Å². The highest BCUT2D eigenvalue weighted by Crippen LogP contribution is 2.20. The standard InChI is InChI=1S/C24H28FN7O2/c1-15(4-7-20-29-22-17(23(33)30-20)12-16(2)13-27-22)14-31-8-10-32(11-9-31)19-6-5-18(24(34)26-3)28-21(19)25/h5-6,12-13H,1,4,7-11,14H2,2-3H3,(H,26,34)(H,27,29,30,33). The molecule has 1 aliphatic rings. The van der Waals surface area contributed by atoms with Crippen LogP contribution in [0.2, 0.25) is 0 Å². The molecule has 1 saturated heterocycles. The predicted octanol–water partition coefficient (Wildman–Crippen LogP) is 1.83. The van der Waals surface area contributed by atoms with Crippen LogP contribution in [0, 0.1) is 12.9 Å². The van der Waals surface area contributed by atoms with Gasteiger partial charge in [-0.3, -0.25) is 14.5 Å². The van der Waals surface area contributed by atoms with Crippen molar-refractivity contribution in [1.82, 2.24) is 30.2 Å². The molecule has 1 aliphatic heterocycles. The van der Waals surface area contributed by atoms with Crippen molar-refractivity contribution in [1.29, 1.82) is 0 Å². The summed E-state index contributed by atoms with van der Waals surface area (Å²) in [6, 6.07) is 4.93. The molecule has 0 spiro atoms. The Kier molecular flexibility index (Phi) is 6.97. The first kappa shape index (κ1) is 23.5. The molecule has 3 aromatic heterocycles. The van der Waals surface area contributed by atoms with Gasteiger partial charge in [0.25, 0.3) is 11.5 Å². The van der Waals surface area contributed by atoms with Crippen LogP contribution in [0.1, 0.15) is 28.3 Å². The Morgan fingerprint density at radius 2 is 2.00 bits per heavy atom. The third-order valence-corrected chi connectivity index (χ3v) is 5.91. The van der Waals surface area contributed by atoms with Crippen LogP contribution in [-0.2, 0) is 6.42 Å². The van der Waals surface area contributed by atoms with Crippen molar-refractivity contribution in [3.63, 3.8) is 0 Å². The van der Waals surface area contributed by atoms with Crippen molar-refractivity contribution >= 4 is 22.6 Å². The van der Waals surface area contributed by atoms with Crippen LogP contribution in [0.5, 0.6) is 0 Å². The van der Waals surface area contributed by atoms with Gasteiger partial charge in [-0.15, -0.1) is 0 Å². The number of halogens is 1. The fraction of sp³-hybridized carbons (Fsp3) is 0.375. The Morgan fingerprint density at radius 3 is 2.71 bits per heavy atom. The van der Waals surface area contributed by atoms with Gasteiger partial charge >= 0.3 is 0 Å². The zero-order valence-corrected chi connectivity index (χ0v) is 19.4. The van der Waals surface area contributed by atoms with E-state index in [1.54, 1.807) is 18.3 Å². The number of aromatic amines is 1. The van der Waals surface area contributed by atoms with E-state index >= 15 is 0 Å². The second-order valence-electron chi connectivity index (χ2n) is 8.50. The minimum atomic E-state index is -0.638. The number of anilines is 1. The molecule has 3 aromatic rings. The first-order chi connectivity index (χ1) is 16.3. The number of fused-ring (bicyclic) bond motifs is 1. The smallest absolute Gasteiger partial charge is 0.269 e. The summed E-state index contributed by atoms with van der Waals surface area (Å²) in [6.07, 6.45) is 2.98. The molecule has 0 unspecified atom stereocenters. The molecular formula is C24H28FN7O2. The third-order valence-electron chi connectivity index (χ3n) is 5.91. The van der Waals surface area contributed by atoms with E-state index in [0.717, 1.165) is 30.8 Å². The van der Waals surface area contributed by atoms with Gasteiger partial charge in [-0.05, 0) is 37.1 Å². The first-order valence-electron chi connectivity index (χ1n) is 11.2. The molecular weight excluding hydrogens is 437 g/mol. The molecule has 0 atom stereocenters. The zero-order valence-electron chi connectivity index (χ0n) is 19.4. The lowest BCUT2D eigenvalue weighted by Crippen LogP contribution is -2.47. The fourth-order valence-corrected chi connectivity index (χ4v) is 4.05. The van der Waals surface area contributed by atoms with E-state index in [9.17, 15) is 14.0 Å². The summed E-state index contributed by atoms with van der Waals surface area (Å²) in [5.41, 5.74) is 2.70. The van der Waals surface area contributed by atoms with Crippen molar-refractivity contribution in [2.45, 2.75) is 19.8 Å². The average molecular weight is 466 g/mol. The zero-order chi connectivity index (χ0) is 24.2. The largest absolute Gasteiger partial charge is 0.365 e. The van der Waals surface area contributed by atoms with Crippen LogP contribution >= 0.6 is 0 Å². The number of hydrogen-bond donors (Lipinski definition) is 2. The van der Waals surface area contributed by atoms with Crippen LogP contribution in [0.15, 0.2) is 41.3 Å². The molecule has 178 valence electrons. The number of carbonyl (C=O) groups excluding carboxylic acids is 1. The van der Waals surface area contributed by atoms with Gasteiger partial charge in [0.05, 0.1) is 11.1 Å². The van der Waals surface area contributed by atoms with Crippen LogP contribution in [0.3, 0.4) is 0 Å². The molecule has 0 radical (unpaired) electrons. The Bertz CT molecular complexity index is 1280. The number of amides is 1. The summed E-state index contributed by atoms with van der Waals surface area (Å²) in [4.78, 5) is 43.5.